The third-order valence-corrected chi connectivity index (χ3v) is 2.32. The molecule has 0 saturated carbocycles. The van der Waals surface area contributed by atoms with Gasteiger partial charge in [0.1, 0.15) is 0 Å². The maximum absolute atomic E-state index is 11.6. The summed E-state index contributed by atoms with van der Waals surface area (Å²) in [5.74, 6) is -0.996. The molecule has 1 N–H and O–H groups in total. The van der Waals surface area contributed by atoms with Crippen molar-refractivity contribution in [2.45, 2.75) is 19.9 Å². The highest BCUT2D eigenvalue weighted by Crippen LogP contribution is 2.19. The average molecular weight is 290 g/mol. The summed E-state index contributed by atoms with van der Waals surface area (Å²) >= 11 is 11.5. The van der Waals surface area contributed by atoms with Crippen molar-refractivity contribution in [1.29, 1.82) is 0 Å². The smallest absolute Gasteiger partial charge is 0.338 e. The summed E-state index contributed by atoms with van der Waals surface area (Å²) in [6.45, 7) is 3.30. The summed E-state index contributed by atoms with van der Waals surface area (Å²) in [4.78, 5) is 22.9. The number of rotatable bonds is 4. The Hall–Kier alpha value is -1.26. The van der Waals surface area contributed by atoms with Crippen LogP contribution in [0.5, 0.6) is 0 Å². The summed E-state index contributed by atoms with van der Waals surface area (Å²) in [5, 5.41) is 3.27. The molecule has 0 aliphatic rings. The van der Waals surface area contributed by atoms with E-state index in [1.165, 1.54) is 18.2 Å². The predicted octanol–water partition coefficient (Wildman–Crippen LogP) is 2.67. The van der Waals surface area contributed by atoms with Crippen LogP contribution in [0.4, 0.5) is 0 Å². The van der Waals surface area contributed by atoms with E-state index < -0.39 is 5.97 Å². The standard InChI is InChI=1S/C12H13Cl2NO3/c1-7(2)15-11(16)6-18-12(17)8-3-9(13)5-10(14)4-8/h3-5,7H,6H2,1-2H3,(H,15,16). The van der Waals surface area contributed by atoms with Crippen LogP contribution in [-0.4, -0.2) is 24.5 Å². The molecule has 0 fully saturated rings. The first kappa shape index (κ1) is 14.8. The molecule has 1 amide bonds. The van der Waals surface area contributed by atoms with Gasteiger partial charge in [0.2, 0.25) is 0 Å². The lowest BCUT2D eigenvalue weighted by Gasteiger charge is -2.09. The van der Waals surface area contributed by atoms with Crippen LogP contribution in [0.2, 0.25) is 10.0 Å². The van der Waals surface area contributed by atoms with Crippen LogP contribution in [0.3, 0.4) is 0 Å². The van der Waals surface area contributed by atoms with Crippen LogP contribution < -0.4 is 5.32 Å². The number of nitrogens with one attached hydrogen (secondary N) is 1. The fourth-order valence-electron chi connectivity index (χ4n) is 1.25. The minimum atomic E-state index is -0.640. The lowest BCUT2D eigenvalue weighted by molar-refractivity contribution is -0.124. The van der Waals surface area contributed by atoms with E-state index in [1.807, 2.05) is 13.8 Å². The number of hydrogen-bond acceptors (Lipinski definition) is 3. The van der Waals surface area contributed by atoms with E-state index >= 15 is 0 Å². The highest BCUT2D eigenvalue weighted by molar-refractivity contribution is 6.35. The van der Waals surface area contributed by atoms with Gasteiger partial charge in [-0.15, -0.1) is 0 Å². The number of benzene rings is 1. The van der Waals surface area contributed by atoms with Gasteiger partial charge in [0.15, 0.2) is 6.61 Å². The molecule has 0 aliphatic carbocycles. The van der Waals surface area contributed by atoms with E-state index in [4.69, 9.17) is 27.9 Å². The second-order valence-electron chi connectivity index (χ2n) is 3.96. The van der Waals surface area contributed by atoms with E-state index in [0.29, 0.717) is 10.0 Å². The Bertz CT molecular complexity index is 440. The van der Waals surface area contributed by atoms with Gasteiger partial charge in [-0.25, -0.2) is 4.79 Å². The number of halogens is 2. The van der Waals surface area contributed by atoms with Crippen LogP contribution in [0.15, 0.2) is 18.2 Å². The predicted molar refractivity (Wildman–Crippen MR) is 70.0 cm³/mol. The number of hydrogen-bond donors (Lipinski definition) is 1. The molecule has 0 saturated heterocycles. The van der Waals surface area contributed by atoms with E-state index in [1.54, 1.807) is 0 Å². The molecule has 0 spiro atoms. The van der Waals surface area contributed by atoms with Crippen molar-refractivity contribution in [2.75, 3.05) is 6.61 Å². The van der Waals surface area contributed by atoms with Crippen LogP contribution >= 0.6 is 23.2 Å². The molecular weight excluding hydrogens is 277 g/mol. The zero-order valence-electron chi connectivity index (χ0n) is 10.00. The molecule has 6 heteroatoms. The maximum Gasteiger partial charge on any atom is 0.338 e. The minimum absolute atomic E-state index is 0.00295. The molecule has 0 aromatic heterocycles. The second kappa shape index (κ2) is 6.61. The molecule has 98 valence electrons. The minimum Gasteiger partial charge on any atom is -0.452 e. The van der Waals surface area contributed by atoms with Crippen molar-refractivity contribution in [3.05, 3.63) is 33.8 Å². The zero-order valence-corrected chi connectivity index (χ0v) is 11.5. The van der Waals surface area contributed by atoms with Crippen LogP contribution in [0.25, 0.3) is 0 Å². The van der Waals surface area contributed by atoms with Gasteiger partial charge in [0.05, 0.1) is 5.56 Å². The molecule has 0 bridgehead atoms. The molecule has 1 aromatic carbocycles. The van der Waals surface area contributed by atoms with Gasteiger partial charge in [-0.2, -0.15) is 0 Å². The van der Waals surface area contributed by atoms with Gasteiger partial charge in [-0.1, -0.05) is 23.2 Å². The van der Waals surface area contributed by atoms with E-state index in [0.717, 1.165) is 0 Å². The Morgan fingerprint density at radius 2 is 1.78 bits per heavy atom. The summed E-state index contributed by atoms with van der Waals surface area (Å²) in [6, 6.07) is 4.36. The highest BCUT2D eigenvalue weighted by atomic mass is 35.5. The molecule has 1 aromatic rings. The van der Waals surface area contributed by atoms with Crippen molar-refractivity contribution < 1.29 is 14.3 Å². The van der Waals surface area contributed by atoms with Gasteiger partial charge < -0.3 is 10.1 Å². The fourth-order valence-corrected chi connectivity index (χ4v) is 1.78. The molecule has 0 radical (unpaired) electrons. The molecular formula is C12H13Cl2NO3. The molecule has 1 rings (SSSR count). The Morgan fingerprint density at radius 1 is 1.22 bits per heavy atom. The first-order valence-electron chi connectivity index (χ1n) is 5.31. The topological polar surface area (TPSA) is 55.4 Å². The van der Waals surface area contributed by atoms with Gasteiger partial charge >= 0.3 is 5.97 Å². The van der Waals surface area contributed by atoms with E-state index in [2.05, 4.69) is 5.32 Å². The molecule has 0 atom stereocenters. The van der Waals surface area contributed by atoms with Crippen molar-refractivity contribution in [3.8, 4) is 0 Å². The molecule has 0 heterocycles. The molecule has 0 aliphatic heterocycles. The number of esters is 1. The third kappa shape index (κ3) is 4.94. The lowest BCUT2D eigenvalue weighted by Crippen LogP contribution is -2.33. The Balaban J connectivity index is 2.58. The Kier molecular flexibility index (Phi) is 5.44. The number of ether oxygens (including phenoxy) is 1. The number of amides is 1. The number of carbonyl (C=O) groups excluding carboxylic acids is 2. The summed E-state index contributed by atoms with van der Waals surface area (Å²) < 4.78 is 4.83. The van der Waals surface area contributed by atoms with Crippen molar-refractivity contribution in [2.24, 2.45) is 0 Å². The summed E-state index contributed by atoms with van der Waals surface area (Å²) in [7, 11) is 0. The second-order valence-corrected chi connectivity index (χ2v) is 4.83. The van der Waals surface area contributed by atoms with Crippen LogP contribution in [0, 0.1) is 0 Å². The fraction of sp³-hybridized carbons (Fsp3) is 0.333. The van der Waals surface area contributed by atoms with Gasteiger partial charge in [-0.3, -0.25) is 4.79 Å². The Morgan fingerprint density at radius 3 is 2.28 bits per heavy atom. The summed E-state index contributed by atoms with van der Waals surface area (Å²) in [6.07, 6.45) is 0. The van der Waals surface area contributed by atoms with Crippen molar-refractivity contribution in [1.82, 2.24) is 5.32 Å². The molecule has 0 unspecified atom stereocenters. The lowest BCUT2D eigenvalue weighted by atomic mass is 10.2. The van der Waals surface area contributed by atoms with Crippen LogP contribution in [0.1, 0.15) is 24.2 Å². The van der Waals surface area contributed by atoms with Gasteiger partial charge in [0, 0.05) is 16.1 Å². The first-order chi connectivity index (χ1) is 8.38. The first-order valence-corrected chi connectivity index (χ1v) is 6.06. The van der Waals surface area contributed by atoms with E-state index in [9.17, 15) is 9.59 Å². The normalized spacial score (nSPS) is 10.3. The monoisotopic (exact) mass is 289 g/mol. The van der Waals surface area contributed by atoms with Gasteiger partial charge in [0.25, 0.3) is 5.91 Å². The SMILES string of the molecule is CC(C)NC(=O)COC(=O)c1cc(Cl)cc(Cl)c1. The van der Waals surface area contributed by atoms with Crippen molar-refractivity contribution in [3.63, 3.8) is 0 Å². The summed E-state index contributed by atoms with van der Waals surface area (Å²) in [5.41, 5.74) is 0.213. The van der Waals surface area contributed by atoms with E-state index in [-0.39, 0.29) is 24.1 Å². The van der Waals surface area contributed by atoms with Crippen LogP contribution in [-0.2, 0) is 9.53 Å². The van der Waals surface area contributed by atoms with Gasteiger partial charge in [-0.05, 0) is 32.0 Å². The quantitative estimate of drug-likeness (QED) is 0.867. The maximum atomic E-state index is 11.6. The van der Waals surface area contributed by atoms with Crippen molar-refractivity contribution >= 4 is 35.1 Å². The molecule has 18 heavy (non-hydrogen) atoms. The molecule has 4 nitrogen and oxygen atoms in total. The zero-order chi connectivity index (χ0) is 13.7. The number of carbonyl (C=O) groups is 2. The average Bonchev–Trinajstić information content (AvgIpc) is 2.23. The largest absolute Gasteiger partial charge is 0.452 e. The highest BCUT2D eigenvalue weighted by Gasteiger charge is 2.12. The third-order valence-electron chi connectivity index (χ3n) is 1.88. The Labute approximate surface area is 115 Å².